The minimum atomic E-state index is 0.0888. The number of ether oxygens (including phenoxy) is 2. The first-order valence-corrected chi connectivity index (χ1v) is 7.40. The Kier molecular flexibility index (Phi) is 5.77. The SMILES string of the molecule is COc1ccc(OCCSc2ccc(CO)cc2)cc1. The second kappa shape index (κ2) is 7.82. The highest BCUT2D eigenvalue weighted by Gasteiger charge is 1.97. The van der Waals surface area contributed by atoms with Crippen LogP contribution in [0.4, 0.5) is 0 Å². The Morgan fingerprint density at radius 1 is 0.950 bits per heavy atom. The summed E-state index contributed by atoms with van der Waals surface area (Å²) in [6, 6.07) is 15.5. The highest BCUT2D eigenvalue weighted by molar-refractivity contribution is 7.99. The molecule has 4 heteroatoms. The fraction of sp³-hybridized carbons (Fsp3) is 0.250. The number of methoxy groups -OCH3 is 1. The molecule has 2 aromatic rings. The van der Waals surface area contributed by atoms with Gasteiger partial charge in [0.25, 0.3) is 0 Å². The van der Waals surface area contributed by atoms with E-state index in [1.807, 2.05) is 48.5 Å². The molecule has 0 fully saturated rings. The van der Waals surface area contributed by atoms with E-state index in [1.165, 1.54) is 4.90 Å². The molecule has 2 aromatic carbocycles. The molecule has 1 N–H and O–H groups in total. The van der Waals surface area contributed by atoms with Crippen molar-refractivity contribution in [2.24, 2.45) is 0 Å². The van der Waals surface area contributed by atoms with Crippen molar-refractivity contribution in [1.29, 1.82) is 0 Å². The van der Waals surface area contributed by atoms with Crippen LogP contribution in [0.25, 0.3) is 0 Å². The predicted octanol–water partition coefficient (Wildman–Crippen LogP) is 3.36. The Hall–Kier alpha value is -1.65. The van der Waals surface area contributed by atoms with Gasteiger partial charge < -0.3 is 14.6 Å². The van der Waals surface area contributed by atoms with E-state index in [1.54, 1.807) is 18.9 Å². The molecule has 2 rings (SSSR count). The van der Waals surface area contributed by atoms with Crippen molar-refractivity contribution in [2.45, 2.75) is 11.5 Å². The van der Waals surface area contributed by atoms with Gasteiger partial charge in [0.2, 0.25) is 0 Å². The van der Waals surface area contributed by atoms with Crippen LogP contribution < -0.4 is 9.47 Å². The number of thioether (sulfide) groups is 1. The summed E-state index contributed by atoms with van der Waals surface area (Å²) in [5.74, 6) is 2.56. The highest BCUT2D eigenvalue weighted by Crippen LogP contribution is 2.20. The highest BCUT2D eigenvalue weighted by atomic mass is 32.2. The molecule has 0 spiro atoms. The van der Waals surface area contributed by atoms with Crippen molar-refractivity contribution in [3.63, 3.8) is 0 Å². The van der Waals surface area contributed by atoms with Crippen molar-refractivity contribution >= 4 is 11.8 Å². The Morgan fingerprint density at radius 2 is 1.60 bits per heavy atom. The van der Waals surface area contributed by atoms with Gasteiger partial charge in [0, 0.05) is 10.6 Å². The maximum Gasteiger partial charge on any atom is 0.119 e. The summed E-state index contributed by atoms with van der Waals surface area (Å²) in [6.07, 6.45) is 0. The lowest BCUT2D eigenvalue weighted by atomic mass is 10.2. The molecule has 0 radical (unpaired) electrons. The van der Waals surface area contributed by atoms with Gasteiger partial charge in [0.05, 0.1) is 20.3 Å². The van der Waals surface area contributed by atoms with Crippen LogP contribution in [-0.4, -0.2) is 24.6 Å². The summed E-state index contributed by atoms with van der Waals surface area (Å²) < 4.78 is 10.7. The van der Waals surface area contributed by atoms with Crippen LogP contribution in [-0.2, 0) is 6.61 Å². The van der Waals surface area contributed by atoms with E-state index in [4.69, 9.17) is 14.6 Å². The average Bonchev–Trinajstić information content (AvgIpc) is 2.53. The molecule has 0 atom stereocenters. The zero-order valence-electron chi connectivity index (χ0n) is 11.4. The van der Waals surface area contributed by atoms with Gasteiger partial charge in [-0.05, 0) is 42.0 Å². The Bertz CT molecular complexity index is 459. The summed E-state index contributed by atoms with van der Waals surface area (Å²) in [6.45, 7) is 0.740. The quantitative estimate of drug-likeness (QED) is 0.627. The van der Waals surface area contributed by atoms with Crippen molar-refractivity contribution < 1.29 is 14.6 Å². The number of aliphatic hydroxyl groups is 1. The number of hydrogen-bond donors (Lipinski definition) is 1. The lowest BCUT2D eigenvalue weighted by Crippen LogP contribution is -1.99. The van der Waals surface area contributed by atoms with E-state index in [0.717, 1.165) is 22.8 Å². The molecule has 0 saturated heterocycles. The van der Waals surface area contributed by atoms with Crippen LogP contribution in [0.2, 0.25) is 0 Å². The fourth-order valence-electron chi connectivity index (χ4n) is 1.68. The van der Waals surface area contributed by atoms with Gasteiger partial charge >= 0.3 is 0 Å². The van der Waals surface area contributed by atoms with Gasteiger partial charge in [-0.25, -0.2) is 0 Å². The maximum atomic E-state index is 8.97. The summed E-state index contributed by atoms with van der Waals surface area (Å²) >= 11 is 1.74. The first-order valence-electron chi connectivity index (χ1n) is 6.41. The van der Waals surface area contributed by atoms with Crippen LogP contribution in [0, 0.1) is 0 Å². The van der Waals surface area contributed by atoms with E-state index in [0.29, 0.717) is 6.61 Å². The molecule has 0 saturated carbocycles. The molecule has 0 unspecified atom stereocenters. The monoisotopic (exact) mass is 290 g/mol. The van der Waals surface area contributed by atoms with Gasteiger partial charge in [0.15, 0.2) is 0 Å². The third kappa shape index (κ3) is 4.47. The van der Waals surface area contributed by atoms with Gasteiger partial charge in [-0.15, -0.1) is 11.8 Å². The fourth-order valence-corrected chi connectivity index (χ4v) is 2.41. The summed E-state index contributed by atoms with van der Waals surface area (Å²) in [4.78, 5) is 1.18. The van der Waals surface area contributed by atoms with E-state index in [-0.39, 0.29) is 6.61 Å². The van der Waals surface area contributed by atoms with Crippen molar-refractivity contribution in [3.05, 3.63) is 54.1 Å². The second-order valence-corrected chi connectivity index (χ2v) is 5.34. The van der Waals surface area contributed by atoms with E-state index >= 15 is 0 Å². The van der Waals surface area contributed by atoms with Crippen molar-refractivity contribution in [2.75, 3.05) is 19.5 Å². The molecule has 0 bridgehead atoms. The van der Waals surface area contributed by atoms with Crippen LogP contribution in [0.15, 0.2) is 53.4 Å². The summed E-state index contributed by atoms with van der Waals surface area (Å²) in [7, 11) is 1.65. The van der Waals surface area contributed by atoms with Crippen molar-refractivity contribution in [1.82, 2.24) is 0 Å². The first kappa shape index (κ1) is 14.8. The van der Waals surface area contributed by atoms with Gasteiger partial charge in [-0.3, -0.25) is 0 Å². The summed E-state index contributed by atoms with van der Waals surface area (Å²) in [5.41, 5.74) is 0.934. The molecule has 0 heterocycles. The van der Waals surface area contributed by atoms with Gasteiger partial charge in [-0.1, -0.05) is 12.1 Å². The lowest BCUT2D eigenvalue weighted by Gasteiger charge is -2.07. The number of rotatable bonds is 7. The van der Waals surface area contributed by atoms with Crippen LogP contribution in [0.5, 0.6) is 11.5 Å². The van der Waals surface area contributed by atoms with E-state index in [2.05, 4.69) is 0 Å². The normalized spacial score (nSPS) is 10.3. The van der Waals surface area contributed by atoms with Crippen LogP contribution in [0.3, 0.4) is 0 Å². The third-order valence-corrected chi connectivity index (χ3v) is 3.76. The third-order valence-electron chi connectivity index (χ3n) is 2.79. The standard InChI is InChI=1S/C16H18O3S/c1-18-14-4-6-15(7-5-14)19-10-11-20-16-8-2-13(12-17)3-9-16/h2-9,17H,10-12H2,1H3. The molecule has 0 aliphatic rings. The van der Waals surface area contributed by atoms with Crippen molar-refractivity contribution in [3.8, 4) is 11.5 Å². The Labute approximate surface area is 123 Å². The minimum Gasteiger partial charge on any atom is -0.497 e. The predicted molar refractivity (Wildman–Crippen MR) is 81.6 cm³/mol. The zero-order chi connectivity index (χ0) is 14.2. The molecule has 0 aromatic heterocycles. The molecular weight excluding hydrogens is 272 g/mol. The average molecular weight is 290 g/mol. The van der Waals surface area contributed by atoms with Crippen LogP contribution in [0.1, 0.15) is 5.56 Å². The van der Waals surface area contributed by atoms with E-state index < -0.39 is 0 Å². The number of benzene rings is 2. The van der Waals surface area contributed by atoms with Crippen LogP contribution >= 0.6 is 11.8 Å². The van der Waals surface area contributed by atoms with Gasteiger partial charge in [-0.2, -0.15) is 0 Å². The number of hydrogen-bond acceptors (Lipinski definition) is 4. The molecule has 0 amide bonds. The Morgan fingerprint density at radius 3 is 2.20 bits per heavy atom. The first-order chi connectivity index (χ1) is 9.81. The lowest BCUT2D eigenvalue weighted by molar-refractivity contribution is 0.282. The van der Waals surface area contributed by atoms with E-state index in [9.17, 15) is 0 Å². The Balaban J connectivity index is 1.72. The summed E-state index contributed by atoms with van der Waals surface area (Å²) in [5, 5.41) is 8.97. The molecule has 0 aliphatic heterocycles. The van der Waals surface area contributed by atoms with Gasteiger partial charge in [0.1, 0.15) is 11.5 Å². The molecule has 106 valence electrons. The topological polar surface area (TPSA) is 38.7 Å². The molecule has 20 heavy (non-hydrogen) atoms. The smallest absolute Gasteiger partial charge is 0.119 e. The molecule has 0 aliphatic carbocycles. The largest absolute Gasteiger partial charge is 0.497 e. The maximum absolute atomic E-state index is 8.97. The molecular formula is C16H18O3S. The second-order valence-electron chi connectivity index (χ2n) is 4.17. The zero-order valence-corrected chi connectivity index (χ0v) is 12.2. The molecule has 3 nitrogen and oxygen atoms in total. The number of aliphatic hydroxyl groups excluding tert-OH is 1. The minimum absolute atomic E-state index is 0.0888.